The van der Waals surface area contributed by atoms with Crippen LogP contribution in [-0.4, -0.2) is 55.5 Å². The van der Waals surface area contributed by atoms with Crippen molar-refractivity contribution in [1.29, 1.82) is 0 Å². The van der Waals surface area contributed by atoms with E-state index in [4.69, 9.17) is 15.3 Å². The molecule has 0 aliphatic rings. The Morgan fingerprint density at radius 2 is 1.37 bits per heavy atom. The summed E-state index contributed by atoms with van der Waals surface area (Å²) in [6.45, 7) is 1.66. The summed E-state index contributed by atoms with van der Waals surface area (Å²) in [6, 6.07) is 0. The molecule has 0 radical (unpaired) electrons. The highest BCUT2D eigenvalue weighted by Gasteiger charge is 2.45. The molecule has 0 spiro atoms. The number of aliphatic carboxylic acids is 3. The molecule has 19 heavy (non-hydrogen) atoms. The Kier molecular flexibility index (Phi) is 5.01. The number of hydrogen-bond acceptors (Lipinski definition) is 6. The molecule has 0 aliphatic carbocycles. The Morgan fingerprint density at radius 3 is 1.68 bits per heavy atom. The van der Waals surface area contributed by atoms with Crippen molar-refractivity contribution in [3.05, 3.63) is 0 Å². The van der Waals surface area contributed by atoms with E-state index < -0.39 is 47.9 Å². The number of aliphatic hydroxyl groups is 1. The van der Waals surface area contributed by atoms with Gasteiger partial charge in [-0.2, -0.15) is 0 Å². The van der Waals surface area contributed by atoms with Gasteiger partial charge in [-0.3, -0.25) is 9.59 Å². The third-order valence-electron chi connectivity index (χ3n) is 2.19. The lowest BCUT2D eigenvalue weighted by Gasteiger charge is -2.28. The van der Waals surface area contributed by atoms with E-state index in [-0.39, 0.29) is 0 Å². The maximum Gasteiger partial charge on any atom is 0.348 e. The van der Waals surface area contributed by atoms with E-state index in [0.29, 0.717) is 0 Å². The van der Waals surface area contributed by atoms with Crippen molar-refractivity contribution in [2.24, 2.45) is 0 Å². The molecular formula is C10H14O9. The van der Waals surface area contributed by atoms with Gasteiger partial charge in [-0.25, -0.2) is 9.59 Å². The molecule has 0 aromatic rings. The van der Waals surface area contributed by atoms with Crippen LogP contribution < -0.4 is 0 Å². The topological polar surface area (TPSA) is 158 Å². The Hall–Kier alpha value is -2.16. The van der Waals surface area contributed by atoms with Gasteiger partial charge in [0.15, 0.2) is 5.60 Å². The minimum atomic E-state index is -2.46. The molecule has 0 fully saturated rings. The maximum atomic E-state index is 11.5. The lowest BCUT2D eigenvalue weighted by atomic mass is 9.99. The largest absolute Gasteiger partial charge is 0.481 e. The van der Waals surface area contributed by atoms with E-state index >= 15 is 0 Å². The second kappa shape index (κ2) is 5.65. The van der Waals surface area contributed by atoms with Crippen LogP contribution in [0.25, 0.3) is 0 Å². The van der Waals surface area contributed by atoms with Gasteiger partial charge < -0.3 is 25.2 Å². The summed E-state index contributed by atoms with van der Waals surface area (Å²) in [6.07, 6.45) is -2.04. The van der Waals surface area contributed by atoms with Crippen molar-refractivity contribution in [2.45, 2.75) is 37.9 Å². The van der Waals surface area contributed by atoms with E-state index in [1.54, 1.807) is 0 Å². The van der Waals surface area contributed by atoms with Crippen LogP contribution in [0.3, 0.4) is 0 Å². The Bertz CT molecular complexity index is 411. The van der Waals surface area contributed by atoms with Gasteiger partial charge in [-0.05, 0) is 13.8 Å². The van der Waals surface area contributed by atoms with Gasteiger partial charge in [0.2, 0.25) is 5.60 Å². The monoisotopic (exact) mass is 278 g/mol. The zero-order chi connectivity index (χ0) is 15.4. The maximum absolute atomic E-state index is 11.5. The number of esters is 1. The van der Waals surface area contributed by atoms with Gasteiger partial charge in [-0.15, -0.1) is 0 Å². The fourth-order valence-corrected chi connectivity index (χ4v) is 1.13. The first kappa shape index (κ1) is 16.8. The first-order chi connectivity index (χ1) is 8.40. The molecule has 0 saturated carbocycles. The molecule has 9 heteroatoms. The summed E-state index contributed by atoms with van der Waals surface area (Å²) in [4.78, 5) is 43.3. The number of rotatable bonds is 7. The number of carbonyl (C=O) groups excluding carboxylic acids is 1. The van der Waals surface area contributed by atoms with Gasteiger partial charge in [-0.1, -0.05) is 0 Å². The molecule has 9 nitrogen and oxygen atoms in total. The highest BCUT2D eigenvalue weighted by atomic mass is 16.6. The molecule has 0 aromatic heterocycles. The first-order valence-corrected chi connectivity index (χ1v) is 5.03. The van der Waals surface area contributed by atoms with Crippen molar-refractivity contribution < 1.29 is 44.3 Å². The first-order valence-electron chi connectivity index (χ1n) is 5.03. The van der Waals surface area contributed by atoms with E-state index in [1.807, 2.05) is 0 Å². The Labute approximate surface area is 107 Å². The summed E-state index contributed by atoms with van der Waals surface area (Å²) in [5.74, 6) is -6.29. The molecule has 0 rings (SSSR count). The van der Waals surface area contributed by atoms with Gasteiger partial charge in [0.25, 0.3) is 0 Å². The fraction of sp³-hybridized carbons (Fsp3) is 0.600. The third kappa shape index (κ3) is 4.92. The minimum Gasteiger partial charge on any atom is -0.481 e. The van der Waals surface area contributed by atoms with Crippen molar-refractivity contribution >= 4 is 23.9 Å². The molecule has 0 heterocycles. The van der Waals surface area contributed by atoms with Crippen molar-refractivity contribution in [3.8, 4) is 0 Å². The average Bonchev–Trinajstić information content (AvgIpc) is 2.13. The predicted octanol–water partition coefficient (Wildman–Crippen LogP) is -0.927. The fourth-order valence-electron chi connectivity index (χ4n) is 1.13. The van der Waals surface area contributed by atoms with Crippen LogP contribution in [0.1, 0.15) is 26.7 Å². The lowest BCUT2D eigenvalue weighted by molar-refractivity contribution is -0.193. The summed E-state index contributed by atoms with van der Waals surface area (Å²) in [5, 5.41) is 35.4. The molecule has 0 aliphatic heterocycles. The molecule has 0 aromatic carbocycles. The summed E-state index contributed by atoms with van der Waals surface area (Å²) in [5.41, 5.74) is -4.85. The number of hydrogen-bond donors (Lipinski definition) is 4. The van der Waals surface area contributed by atoms with Gasteiger partial charge in [0.05, 0.1) is 12.8 Å². The molecule has 2 unspecified atom stereocenters. The number of carboxylic acid groups (broad SMARTS) is 3. The number of ether oxygens (including phenoxy) is 1. The Balaban J connectivity index is 5.06. The molecule has 0 bridgehead atoms. The zero-order valence-corrected chi connectivity index (χ0v) is 10.2. The summed E-state index contributed by atoms with van der Waals surface area (Å²) >= 11 is 0. The van der Waals surface area contributed by atoms with Crippen molar-refractivity contribution in [3.63, 3.8) is 0 Å². The standard InChI is InChI=1S/C10H14O9/c1-9(18,3-5(11)12)8(17)19-10(2,7(15)16)4-6(13)14/h18H,3-4H2,1-2H3,(H,11,12)(H,13,14)(H,15,16). The Morgan fingerprint density at radius 1 is 0.947 bits per heavy atom. The molecule has 2 atom stereocenters. The minimum absolute atomic E-state index is 0.826. The predicted molar refractivity (Wildman–Crippen MR) is 57.3 cm³/mol. The van der Waals surface area contributed by atoms with Crippen molar-refractivity contribution in [2.75, 3.05) is 0 Å². The van der Waals surface area contributed by atoms with Crippen LogP contribution in [0.2, 0.25) is 0 Å². The normalized spacial score (nSPS) is 16.8. The molecule has 108 valence electrons. The van der Waals surface area contributed by atoms with Gasteiger partial charge >= 0.3 is 23.9 Å². The number of carboxylic acids is 3. The van der Waals surface area contributed by atoms with Crippen LogP contribution in [0.15, 0.2) is 0 Å². The molecule has 0 saturated heterocycles. The van der Waals surface area contributed by atoms with E-state index in [9.17, 15) is 24.3 Å². The van der Waals surface area contributed by atoms with E-state index in [0.717, 1.165) is 13.8 Å². The van der Waals surface area contributed by atoms with Crippen LogP contribution >= 0.6 is 0 Å². The molecular weight excluding hydrogens is 264 g/mol. The average molecular weight is 278 g/mol. The quantitative estimate of drug-likeness (QED) is 0.431. The SMILES string of the molecule is CC(O)(CC(=O)O)C(=O)OC(C)(CC(=O)O)C(=O)O. The van der Waals surface area contributed by atoms with E-state index in [1.165, 1.54) is 0 Å². The molecule has 4 N–H and O–H groups in total. The van der Waals surface area contributed by atoms with Crippen LogP contribution in [-0.2, 0) is 23.9 Å². The lowest BCUT2D eigenvalue weighted by Crippen LogP contribution is -2.48. The van der Waals surface area contributed by atoms with Crippen LogP contribution in [0.4, 0.5) is 0 Å². The number of carbonyl (C=O) groups is 4. The second-order valence-electron chi connectivity index (χ2n) is 4.34. The van der Waals surface area contributed by atoms with Gasteiger partial charge in [0, 0.05) is 0 Å². The highest BCUT2D eigenvalue weighted by molar-refractivity contribution is 5.90. The van der Waals surface area contributed by atoms with Gasteiger partial charge in [0.1, 0.15) is 0 Å². The van der Waals surface area contributed by atoms with E-state index in [2.05, 4.69) is 4.74 Å². The van der Waals surface area contributed by atoms with Crippen LogP contribution in [0.5, 0.6) is 0 Å². The summed E-state index contributed by atoms with van der Waals surface area (Å²) < 4.78 is 4.44. The third-order valence-corrected chi connectivity index (χ3v) is 2.19. The smallest absolute Gasteiger partial charge is 0.348 e. The highest BCUT2D eigenvalue weighted by Crippen LogP contribution is 2.21. The summed E-state index contributed by atoms with van der Waals surface area (Å²) in [7, 11) is 0. The second-order valence-corrected chi connectivity index (χ2v) is 4.34. The van der Waals surface area contributed by atoms with Crippen molar-refractivity contribution in [1.82, 2.24) is 0 Å². The van der Waals surface area contributed by atoms with Crippen LogP contribution in [0, 0.1) is 0 Å². The molecule has 0 amide bonds. The zero-order valence-electron chi connectivity index (χ0n) is 10.2.